The van der Waals surface area contributed by atoms with Gasteiger partial charge >= 0.3 is 0 Å². The van der Waals surface area contributed by atoms with Crippen LogP contribution in [0, 0.1) is 11.6 Å². The minimum Gasteiger partial charge on any atom is -0.453 e. The summed E-state index contributed by atoms with van der Waals surface area (Å²) in [4.78, 5) is 10.4. The van der Waals surface area contributed by atoms with Gasteiger partial charge in [-0.2, -0.15) is 0 Å². The summed E-state index contributed by atoms with van der Waals surface area (Å²) in [6.07, 6.45) is 0.450. The quantitative estimate of drug-likeness (QED) is 0.628. The van der Waals surface area contributed by atoms with Crippen LogP contribution in [-0.2, 0) is 0 Å². The number of carbonyl (C=O) groups excluding carboxylic acids is 1. The van der Waals surface area contributed by atoms with Crippen molar-refractivity contribution in [2.45, 2.75) is 0 Å². The molecule has 1 aromatic carbocycles. The molecular weight excluding hydrogens is 216 g/mol. The van der Waals surface area contributed by atoms with Crippen LogP contribution in [0.15, 0.2) is 28.7 Å². The van der Waals surface area contributed by atoms with Crippen molar-refractivity contribution in [3.63, 3.8) is 0 Å². The summed E-state index contributed by atoms with van der Waals surface area (Å²) in [5, 5.41) is 0. The van der Waals surface area contributed by atoms with E-state index < -0.39 is 11.6 Å². The predicted octanol–water partition coefficient (Wildman–Crippen LogP) is 2.62. The summed E-state index contributed by atoms with van der Waals surface area (Å²) >= 11 is 0. The predicted molar refractivity (Wildman–Crippen MR) is 53.9 cm³/mol. The minimum absolute atomic E-state index is 0.00350. The Morgan fingerprint density at radius 2 is 1.94 bits per heavy atom. The van der Waals surface area contributed by atoms with Gasteiger partial charge in [-0.3, -0.25) is 4.79 Å². The highest BCUT2D eigenvalue weighted by molar-refractivity contribution is 5.73. The molecule has 0 atom stereocenters. The Kier molecular flexibility index (Phi) is 2.44. The zero-order valence-electron chi connectivity index (χ0n) is 8.04. The molecule has 0 aliphatic rings. The third kappa shape index (κ3) is 1.56. The highest BCUT2D eigenvalue weighted by Gasteiger charge is 2.17. The number of halogens is 2. The van der Waals surface area contributed by atoms with Crippen LogP contribution in [0.5, 0.6) is 0 Å². The number of rotatable bonds is 2. The monoisotopic (exact) mass is 223 g/mol. The molecule has 0 aliphatic carbocycles. The van der Waals surface area contributed by atoms with Crippen LogP contribution in [0.3, 0.4) is 0 Å². The summed E-state index contributed by atoms with van der Waals surface area (Å²) in [5.74, 6) is -1.76. The maximum atomic E-state index is 13.5. The van der Waals surface area contributed by atoms with Crippen LogP contribution in [-0.4, -0.2) is 6.29 Å². The molecule has 0 radical (unpaired) electrons. The Bertz CT molecular complexity index is 549. The molecule has 16 heavy (non-hydrogen) atoms. The molecule has 3 nitrogen and oxygen atoms in total. The molecule has 0 saturated carbocycles. The van der Waals surface area contributed by atoms with Crippen molar-refractivity contribution in [3.8, 4) is 11.3 Å². The van der Waals surface area contributed by atoms with Crippen LogP contribution in [0.1, 0.15) is 10.6 Å². The van der Waals surface area contributed by atoms with E-state index in [0.29, 0.717) is 6.29 Å². The third-order valence-corrected chi connectivity index (χ3v) is 2.11. The second-order valence-electron chi connectivity index (χ2n) is 3.15. The lowest BCUT2D eigenvalue weighted by Gasteiger charge is -2.03. The molecule has 0 unspecified atom stereocenters. The lowest BCUT2D eigenvalue weighted by atomic mass is 10.1. The first-order valence-corrected chi connectivity index (χ1v) is 4.42. The molecule has 0 spiro atoms. The number of furan rings is 1. The normalized spacial score (nSPS) is 10.4. The SMILES string of the molecule is Nc1ccc(F)c(-c2ccc(C=O)o2)c1F. The number of aldehydes is 1. The van der Waals surface area contributed by atoms with E-state index in [0.717, 1.165) is 12.1 Å². The number of nitrogens with two attached hydrogens (primary N) is 1. The van der Waals surface area contributed by atoms with E-state index in [4.69, 9.17) is 10.2 Å². The number of carbonyl (C=O) groups is 1. The van der Waals surface area contributed by atoms with Gasteiger partial charge in [-0.25, -0.2) is 8.78 Å². The molecule has 82 valence electrons. The Morgan fingerprint density at radius 3 is 2.56 bits per heavy atom. The van der Waals surface area contributed by atoms with Crippen molar-refractivity contribution >= 4 is 12.0 Å². The summed E-state index contributed by atoms with van der Waals surface area (Å²) < 4.78 is 31.9. The first kappa shape index (κ1) is 10.4. The van der Waals surface area contributed by atoms with Crippen LogP contribution < -0.4 is 5.73 Å². The Balaban J connectivity index is 2.63. The van der Waals surface area contributed by atoms with Gasteiger partial charge in [-0.05, 0) is 24.3 Å². The topological polar surface area (TPSA) is 56.2 Å². The van der Waals surface area contributed by atoms with Gasteiger partial charge in [0.25, 0.3) is 0 Å². The second kappa shape index (κ2) is 3.77. The van der Waals surface area contributed by atoms with Gasteiger partial charge < -0.3 is 10.2 Å². The van der Waals surface area contributed by atoms with Crippen molar-refractivity contribution in [1.29, 1.82) is 0 Å². The molecule has 5 heteroatoms. The summed E-state index contributed by atoms with van der Waals surface area (Å²) in [7, 11) is 0. The van der Waals surface area contributed by atoms with E-state index in [1.54, 1.807) is 0 Å². The first-order chi connectivity index (χ1) is 7.63. The lowest BCUT2D eigenvalue weighted by molar-refractivity contribution is 0.110. The van der Waals surface area contributed by atoms with Crippen molar-refractivity contribution in [2.75, 3.05) is 5.73 Å². The average Bonchev–Trinajstić information content (AvgIpc) is 2.73. The second-order valence-corrected chi connectivity index (χ2v) is 3.15. The van der Waals surface area contributed by atoms with E-state index in [2.05, 4.69) is 0 Å². The summed E-state index contributed by atoms with van der Waals surface area (Å²) in [6, 6.07) is 4.80. The molecule has 0 bridgehead atoms. The van der Waals surface area contributed by atoms with E-state index in [9.17, 15) is 13.6 Å². The molecular formula is C11H7F2NO2. The first-order valence-electron chi connectivity index (χ1n) is 4.42. The Morgan fingerprint density at radius 1 is 1.19 bits per heavy atom. The van der Waals surface area contributed by atoms with Gasteiger partial charge in [0.05, 0.1) is 11.3 Å². The fourth-order valence-corrected chi connectivity index (χ4v) is 1.35. The Labute approximate surface area is 89.5 Å². The van der Waals surface area contributed by atoms with Crippen LogP contribution >= 0.6 is 0 Å². The molecule has 0 saturated heterocycles. The maximum absolute atomic E-state index is 13.5. The highest BCUT2D eigenvalue weighted by atomic mass is 19.1. The van der Waals surface area contributed by atoms with Crippen molar-refractivity contribution < 1.29 is 18.0 Å². The largest absolute Gasteiger partial charge is 0.453 e. The van der Waals surface area contributed by atoms with Crippen molar-refractivity contribution in [2.24, 2.45) is 0 Å². The van der Waals surface area contributed by atoms with Gasteiger partial charge in [0.2, 0.25) is 0 Å². The third-order valence-electron chi connectivity index (χ3n) is 2.11. The Hall–Kier alpha value is -2.17. The molecule has 2 rings (SSSR count). The molecule has 1 heterocycles. The number of hydrogen-bond donors (Lipinski definition) is 1. The summed E-state index contributed by atoms with van der Waals surface area (Å²) in [6.45, 7) is 0. The molecule has 2 aromatic rings. The van der Waals surface area contributed by atoms with E-state index >= 15 is 0 Å². The minimum atomic E-state index is -0.896. The maximum Gasteiger partial charge on any atom is 0.185 e. The molecule has 2 N–H and O–H groups in total. The smallest absolute Gasteiger partial charge is 0.185 e. The van der Waals surface area contributed by atoms with Gasteiger partial charge in [-0.15, -0.1) is 0 Å². The molecule has 0 aliphatic heterocycles. The van der Waals surface area contributed by atoms with Gasteiger partial charge in [0.15, 0.2) is 17.9 Å². The van der Waals surface area contributed by atoms with E-state index in [1.807, 2.05) is 0 Å². The standard InChI is InChI=1S/C11H7F2NO2/c12-7-2-3-8(14)11(13)10(7)9-4-1-6(5-15)16-9/h1-5H,14H2. The fraction of sp³-hybridized carbons (Fsp3) is 0. The van der Waals surface area contributed by atoms with Crippen LogP contribution in [0.2, 0.25) is 0 Å². The zero-order chi connectivity index (χ0) is 11.7. The lowest BCUT2D eigenvalue weighted by Crippen LogP contribution is -1.95. The zero-order valence-corrected chi connectivity index (χ0v) is 8.04. The van der Waals surface area contributed by atoms with Crippen LogP contribution in [0.25, 0.3) is 11.3 Å². The molecule has 0 amide bonds. The number of hydrogen-bond acceptors (Lipinski definition) is 3. The average molecular weight is 223 g/mol. The number of anilines is 1. The van der Waals surface area contributed by atoms with Crippen LogP contribution in [0.4, 0.5) is 14.5 Å². The molecule has 1 aromatic heterocycles. The number of nitrogen functional groups attached to an aromatic ring is 1. The number of benzene rings is 1. The van der Waals surface area contributed by atoms with Gasteiger partial charge in [-0.1, -0.05) is 0 Å². The highest BCUT2D eigenvalue weighted by Crippen LogP contribution is 2.30. The molecule has 0 fully saturated rings. The van der Waals surface area contributed by atoms with E-state index in [-0.39, 0.29) is 22.8 Å². The van der Waals surface area contributed by atoms with Gasteiger partial charge in [0.1, 0.15) is 11.6 Å². The van der Waals surface area contributed by atoms with Crippen molar-refractivity contribution in [1.82, 2.24) is 0 Å². The van der Waals surface area contributed by atoms with Gasteiger partial charge in [0, 0.05) is 0 Å². The van der Waals surface area contributed by atoms with E-state index in [1.165, 1.54) is 12.1 Å². The summed E-state index contributed by atoms with van der Waals surface area (Å²) in [5.41, 5.74) is 4.77. The van der Waals surface area contributed by atoms with Crippen molar-refractivity contribution in [3.05, 3.63) is 41.7 Å². The fourth-order valence-electron chi connectivity index (χ4n) is 1.35.